The Balaban J connectivity index is 1.64. The van der Waals surface area contributed by atoms with Crippen LogP contribution < -0.4 is 5.32 Å². The molecule has 0 aromatic carbocycles. The third kappa shape index (κ3) is 2.40. The van der Waals surface area contributed by atoms with E-state index in [0.29, 0.717) is 5.41 Å². The van der Waals surface area contributed by atoms with Crippen LogP contribution in [-0.4, -0.2) is 51.8 Å². The van der Waals surface area contributed by atoms with Gasteiger partial charge in [0, 0.05) is 32.4 Å². The van der Waals surface area contributed by atoms with E-state index in [1.54, 1.807) is 4.68 Å². The third-order valence-electron chi connectivity index (χ3n) is 5.77. The van der Waals surface area contributed by atoms with E-state index >= 15 is 0 Å². The van der Waals surface area contributed by atoms with Crippen LogP contribution in [0.3, 0.4) is 0 Å². The second-order valence-electron chi connectivity index (χ2n) is 7.44. The van der Waals surface area contributed by atoms with Crippen LogP contribution >= 0.6 is 0 Å². The molecule has 0 atom stereocenters. The highest BCUT2D eigenvalue weighted by molar-refractivity contribution is 6.06. The first-order valence-electron chi connectivity index (χ1n) is 8.80. The van der Waals surface area contributed by atoms with Crippen LogP contribution in [0.5, 0.6) is 0 Å². The van der Waals surface area contributed by atoms with Crippen molar-refractivity contribution in [2.45, 2.75) is 33.1 Å². The van der Waals surface area contributed by atoms with Crippen molar-refractivity contribution in [1.29, 1.82) is 0 Å². The van der Waals surface area contributed by atoms with Gasteiger partial charge in [0.2, 0.25) is 0 Å². The van der Waals surface area contributed by atoms with E-state index in [1.807, 2.05) is 31.9 Å². The summed E-state index contributed by atoms with van der Waals surface area (Å²) in [7, 11) is 1.88. The molecule has 1 N–H and O–H groups in total. The fraction of sp³-hybridized carbons (Fsp3) is 0.611. The summed E-state index contributed by atoms with van der Waals surface area (Å²) >= 11 is 0. The van der Waals surface area contributed by atoms with Crippen LogP contribution in [0.1, 0.15) is 41.0 Å². The molecule has 1 amide bonds. The first-order chi connectivity index (χ1) is 11.5. The summed E-state index contributed by atoms with van der Waals surface area (Å²) in [5.74, 6) is 0.127. The van der Waals surface area contributed by atoms with Gasteiger partial charge in [0.1, 0.15) is 0 Å². The minimum Gasteiger partial charge on any atom is -0.339 e. The van der Waals surface area contributed by atoms with Crippen LogP contribution in [-0.2, 0) is 7.05 Å². The van der Waals surface area contributed by atoms with E-state index in [0.717, 1.165) is 67.0 Å². The lowest BCUT2D eigenvalue weighted by Crippen LogP contribution is -2.44. The van der Waals surface area contributed by atoms with Crippen molar-refractivity contribution in [1.82, 2.24) is 25.0 Å². The van der Waals surface area contributed by atoms with Gasteiger partial charge in [-0.05, 0) is 51.1 Å². The molecule has 2 aliphatic heterocycles. The lowest BCUT2D eigenvalue weighted by Gasteiger charge is -2.39. The van der Waals surface area contributed by atoms with Gasteiger partial charge < -0.3 is 10.2 Å². The lowest BCUT2D eigenvalue weighted by molar-refractivity contribution is 0.0609. The molecule has 4 heterocycles. The van der Waals surface area contributed by atoms with Gasteiger partial charge in [-0.3, -0.25) is 9.48 Å². The molecule has 1 spiro atoms. The lowest BCUT2D eigenvalue weighted by atomic mass is 9.77. The van der Waals surface area contributed by atoms with E-state index in [9.17, 15) is 4.79 Å². The maximum atomic E-state index is 13.2. The molecule has 4 rings (SSSR count). The number of aromatic nitrogens is 3. The Morgan fingerprint density at radius 3 is 2.67 bits per heavy atom. The number of likely N-dealkylation sites (tertiary alicyclic amines) is 1. The van der Waals surface area contributed by atoms with Crippen LogP contribution in [0, 0.1) is 19.3 Å². The van der Waals surface area contributed by atoms with Crippen molar-refractivity contribution in [3.05, 3.63) is 23.0 Å². The number of nitrogens with zero attached hydrogens (tertiary/aromatic N) is 4. The molecule has 2 fully saturated rings. The van der Waals surface area contributed by atoms with Gasteiger partial charge in [0.05, 0.1) is 16.6 Å². The molecule has 2 aromatic rings. The molecule has 2 saturated heterocycles. The Labute approximate surface area is 142 Å². The number of nitrogens with one attached hydrogen (secondary N) is 1. The van der Waals surface area contributed by atoms with Crippen molar-refractivity contribution >= 4 is 16.9 Å². The molecule has 6 nitrogen and oxygen atoms in total. The zero-order valence-corrected chi connectivity index (χ0v) is 14.7. The number of aryl methyl sites for hydroxylation is 3. The fourth-order valence-electron chi connectivity index (χ4n) is 4.32. The quantitative estimate of drug-likeness (QED) is 0.867. The minimum atomic E-state index is 0.127. The van der Waals surface area contributed by atoms with Gasteiger partial charge in [-0.15, -0.1) is 0 Å². The first kappa shape index (κ1) is 15.6. The molecule has 24 heavy (non-hydrogen) atoms. The van der Waals surface area contributed by atoms with Gasteiger partial charge in [-0.25, -0.2) is 4.98 Å². The number of carbonyl (C=O) groups excluding carboxylic acids is 1. The molecule has 6 heteroatoms. The van der Waals surface area contributed by atoms with Gasteiger partial charge in [0.25, 0.3) is 5.91 Å². The number of carbonyl (C=O) groups is 1. The number of hydrogen-bond acceptors (Lipinski definition) is 4. The fourth-order valence-corrected chi connectivity index (χ4v) is 4.32. The maximum absolute atomic E-state index is 13.2. The first-order valence-corrected chi connectivity index (χ1v) is 8.80. The summed E-state index contributed by atoms with van der Waals surface area (Å²) in [5.41, 5.74) is 3.71. The number of piperidine rings is 1. The monoisotopic (exact) mass is 327 g/mol. The SMILES string of the molecule is Cc1cc(C(=O)N2CCC3(CCNC3)CC2)c2c(C)nn(C)c2n1. The van der Waals surface area contributed by atoms with E-state index in [2.05, 4.69) is 15.4 Å². The van der Waals surface area contributed by atoms with E-state index in [4.69, 9.17) is 0 Å². The maximum Gasteiger partial charge on any atom is 0.254 e. The molecule has 0 saturated carbocycles. The summed E-state index contributed by atoms with van der Waals surface area (Å²) in [6.07, 6.45) is 3.45. The number of amides is 1. The largest absolute Gasteiger partial charge is 0.339 e. The van der Waals surface area contributed by atoms with Crippen molar-refractivity contribution < 1.29 is 4.79 Å². The Hall–Kier alpha value is -1.95. The van der Waals surface area contributed by atoms with Gasteiger partial charge in [-0.2, -0.15) is 5.10 Å². The van der Waals surface area contributed by atoms with Crippen LogP contribution in [0.4, 0.5) is 0 Å². The zero-order chi connectivity index (χ0) is 16.9. The van der Waals surface area contributed by atoms with Crippen molar-refractivity contribution in [2.24, 2.45) is 12.5 Å². The molecule has 0 radical (unpaired) electrons. The Morgan fingerprint density at radius 1 is 1.25 bits per heavy atom. The minimum absolute atomic E-state index is 0.127. The average Bonchev–Trinajstić information content (AvgIpc) is 3.12. The predicted molar refractivity (Wildman–Crippen MR) is 93.0 cm³/mol. The van der Waals surface area contributed by atoms with Gasteiger partial charge >= 0.3 is 0 Å². The van der Waals surface area contributed by atoms with E-state index in [1.165, 1.54) is 6.42 Å². The zero-order valence-electron chi connectivity index (χ0n) is 14.7. The summed E-state index contributed by atoms with van der Waals surface area (Å²) in [6, 6.07) is 1.92. The molecule has 128 valence electrons. The molecule has 2 aliphatic rings. The Morgan fingerprint density at radius 2 is 2.00 bits per heavy atom. The topological polar surface area (TPSA) is 63.1 Å². The highest BCUT2D eigenvalue weighted by Crippen LogP contribution is 2.37. The molecular formula is C18H25N5O. The van der Waals surface area contributed by atoms with E-state index < -0.39 is 0 Å². The van der Waals surface area contributed by atoms with Gasteiger partial charge in [0.15, 0.2) is 5.65 Å². The molecule has 0 bridgehead atoms. The Bertz CT molecular complexity index is 793. The summed E-state index contributed by atoms with van der Waals surface area (Å²) < 4.78 is 1.77. The molecule has 2 aromatic heterocycles. The van der Waals surface area contributed by atoms with Crippen LogP contribution in [0.2, 0.25) is 0 Å². The van der Waals surface area contributed by atoms with Crippen molar-refractivity contribution in [3.8, 4) is 0 Å². The highest BCUT2D eigenvalue weighted by Gasteiger charge is 2.38. The number of hydrogen-bond donors (Lipinski definition) is 1. The normalized spacial score (nSPS) is 20.2. The molecule has 0 unspecified atom stereocenters. The third-order valence-corrected chi connectivity index (χ3v) is 5.77. The van der Waals surface area contributed by atoms with Crippen molar-refractivity contribution in [2.75, 3.05) is 26.2 Å². The average molecular weight is 327 g/mol. The number of pyridine rings is 1. The second kappa shape index (κ2) is 5.55. The molecule has 0 aliphatic carbocycles. The Kier molecular flexibility index (Phi) is 3.60. The van der Waals surface area contributed by atoms with Crippen LogP contribution in [0.15, 0.2) is 6.07 Å². The summed E-state index contributed by atoms with van der Waals surface area (Å²) in [5, 5.41) is 8.83. The second-order valence-corrected chi connectivity index (χ2v) is 7.44. The van der Waals surface area contributed by atoms with Crippen molar-refractivity contribution in [3.63, 3.8) is 0 Å². The smallest absolute Gasteiger partial charge is 0.254 e. The van der Waals surface area contributed by atoms with Crippen LogP contribution in [0.25, 0.3) is 11.0 Å². The standard InChI is InChI=1S/C18H25N5O/c1-12-10-14(15-13(2)21-22(3)16(15)20-12)17(24)23-8-5-18(6-9-23)4-7-19-11-18/h10,19H,4-9,11H2,1-3H3. The number of fused-ring (bicyclic) bond motifs is 1. The predicted octanol–water partition coefficient (Wildman–Crippen LogP) is 1.80. The van der Waals surface area contributed by atoms with E-state index in [-0.39, 0.29) is 5.91 Å². The van der Waals surface area contributed by atoms with Gasteiger partial charge in [-0.1, -0.05) is 0 Å². The molecular weight excluding hydrogens is 302 g/mol. The number of rotatable bonds is 1. The highest BCUT2D eigenvalue weighted by atomic mass is 16.2. The summed E-state index contributed by atoms with van der Waals surface area (Å²) in [6.45, 7) is 7.81. The summed E-state index contributed by atoms with van der Waals surface area (Å²) in [4.78, 5) is 19.8.